The molecule has 10 aromatic rings. The van der Waals surface area contributed by atoms with Crippen LogP contribution in [0.2, 0.25) is 0 Å². The van der Waals surface area contributed by atoms with Gasteiger partial charge in [0, 0.05) is 42.8 Å². The number of benzene rings is 9. The molecule has 1 nitrogen and oxygen atoms in total. The molecule has 0 saturated carbocycles. The van der Waals surface area contributed by atoms with E-state index in [-0.39, 0.29) is 20.2 Å². The molecule has 1 heterocycles. The minimum absolute atomic E-state index is 0.175. The molecule has 0 amide bonds. The Morgan fingerprint density at radius 3 is 1.93 bits per heavy atom. The fourth-order valence-electron chi connectivity index (χ4n) is 5.87. The third-order valence-electron chi connectivity index (χ3n) is 8.29. The van der Waals surface area contributed by atoms with E-state index >= 15 is 0 Å². The first kappa shape index (κ1) is 13.6. The molecule has 254 valence electrons. The lowest BCUT2D eigenvalue weighted by molar-refractivity contribution is 1.28. The quantitative estimate of drug-likeness (QED) is 0.158. The topological polar surface area (TPSA) is 3.24 Å². The Balaban J connectivity index is 1.41. The lowest BCUT2D eigenvalue weighted by Crippen LogP contribution is -2.10. The van der Waals surface area contributed by atoms with Crippen molar-refractivity contribution in [3.63, 3.8) is 0 Å². The largest absolute Gasteiger partial charge is 0.310 e. The fraction of sp³-hybridized carbons (Fsp3) is 0. The van der Waals surface area contributed by atoms with Gasteiger partial charge in [-0.25, -0.2) is 0 Å². The molecule has 54 heavy (non-hydrogen) atoms. The van der Waals surface area contributed by atoms with E-state index in [1.807, 2.05) is 0 Å². The van der Waals surface area contributed by atoms with E-state index in [0.29, 0.717) is 11.3 Å². The average molecular weight is 736 g/mol. The molecule has 0 fully saturated rings. The molecule has 0 aliphatic rings. The Labute approximate surface area is 361 Å². The zero-order chi connectivity index (χ0) is 62.0. The number of hydrogen-bond donors (Lipinski definition) is 0. The molecule has 0 aliphatic heterocycles. The average Bonchev–Trinajstić information content (AvgIpc) is 3.62. The number of thiophene rings is 1. The van der Waals surface area contributed by atoms with Gasteiger partial charge in [0.2, 0.25) is 0 Å². The van der Waals surface area contributed by atoms with Crippen LogP contribution in [-0.2, 0) is 0 Å². The molecule has 2 heteroatoms. The van der Waals surface area contributed by atoms with E-state index in [2.05, 4.69) is 0 Å². The van der Waals surface area contributed by atoms with Crippen LogP contribution in [0.4, 0.5) is 17.1 Å². The minimum Gasteiger partial charge on any atom is -0.310 e. The molecule has 0 atom stereocenters. The second kappa shape index (κ2) is 13.7. The Morgan fingerprint density at radius 2 is 1.02 bits per heavy atom. The molecule has 0 radical (unpaired) electrons. The SMILES string of the molecule is [2H]c1ccc(-c2c([2H])c([2H])c(N(c3cc([2H])c(-c4c([2H])c([2H])c([2H])c([2H])c4[2H])c([2H])c3)c3cc([2H])c(-c4c([2H])c([2H])c([2H])c5c([2H])c([2H])c([2H])c([2H])c45)c([2H])c3[2H])c([2H])c2-c2c([2H])c([2H])c([2H])c3c2sc2c([2H])c([2H])c([2H])c([2H])c23)c([2H])c1[2H]. The molecule has 0 aliphatic carbocycles. The van der Waals surface area contributed by atoms with Gasteiger partial charge in [-0.1, -0.05) is 169 Å². The molecule has 1 aromatic heterocycles. The van der Waals surface area contributed by atoms with Gasteiger partial charge in [-0.2, -0.15) is 0 Å². The molecular weight excluding hydrogens is 671 g/mol. The first-order chi connectivity index (χ1) is 39.2. The van der Waals surface area contributed by atoms with Gasteiger partial charge in [-0.3, -0.25) is 0 Å². The van der Waals surface area contributed by atoms with Crippen molar-refractivity contribution in [2.45, 2.75) is 0 Å². The van der Waals surface area contributed by atoms with Crippen LogP contribution >= 0.6 is 11.3 Å². The first-order valence-corrected chi connectivity index (χ1v) is 16.8. The lowest BCUT2D eigenvalue weighted by Gasteiger charge is -2.27. The zero-order valence-corrected chi connectivity index (χ0v) is 28.1. The Hall–Kier alpha value is -6.74. The number of rotatable bonds is 7. The second-order valence-electron chi connectivity index (χ2n) is 11.4. The van der Waals surface area contributed by atoms with E-state index in [0.717, 1.165) is 35.2 Å². The number of anilines is 3. The third kappa shape index (κ3) is 5.74. The van der Waals surface area contributed by atoms with Crippen molar-refractivity contribution in [2.24, 2.45) is 0 Å². The molecule has 0 saturated heterocycles. The van der Waals surface area contributed by atoms with Crippen molar-refractivity contribution < 1.29 is 41.1 Å². The summed E-state index contributed by atoms with van der Waals surface area (Å²) in [4.78, 5) is 0.758. The summed E-state index contributed by atoms with van der Waals surface area (Å²) in [7, 11) is 0. The standard InChI is InChI=1S/C52H35NS/c1-3-13-36(14-4-1)37-25-29-41(30-26-37)53(42-31-27-40(28-32-42)45-21-11-18-39-17-7-8-19-44(39)45)43-33-34-46(38-15-5-2-6-16-38)50(35-43)49-23-12-22-48-47-20-9-10-24-51(47)54-52(48)49/h1-35H/i1D,2D,3D,4D,5D,7D,8D,9D,10D,11D,12D,13D,14D,15D,17D,18D,19D,20D,21D,22D,23D,24D,25D,26D,27D,28D,31D,33D,34D,35D. The van der Waals surface area contributed by atoms with Crippen molar-refractivity contribution in [2.75, 3.05) is 4.90 Å². The van der Waals surface area contributed by atoms with Crippen LogP contribution < -0.4 is 4.90 Å². The summed E-state index contributed by atoms with van der Waals surface area (Å²) in [5, 5.41) is -1.72. The summed E-state index contributed by atoms with van der Waals surface area (Å²) in [5.41, 5.74) is -6.80. The van der Waals surface area contributed by atoms with E-state index < -0.39 is 254 Å². The Bertz CT molecular complexity index is 4630. The second-order valence-corrected chi connectivity index (χ2v) is 12.4. The lowest BCUT2D eigenvalue weighted by atomic mass is 9.92. The van der Waals surface area contributed by atoms with E-state index in [1.54, 1.807) is 0 Å². The monoisotopic (exact) mass is 735 g/mol. The zero-order valence-electron chi connectivity index (χ0n) is 57.2. The maximum absolute atomic E-state index is 10.4. The van der Waals surface area contributed by atoms with E-state index in [1.165, 1.54) is 0 Å². The van der Waals surface area contributed by atoms with E-state index in [9.17, 15) is 12.3 Å². The minimum atomic E-state index is -1.03. The fourth-order valence-corrected chi connectivity index (χ4v) is 6.94. The van der Waals surface area contributed by atoms with Crippen molar-refractivity contribution in [1.82, 2.24) is 0 Å². The van der Waals surface area contributed by atoms with Crippen LogP contribution in [0.25, 0.3) is 75.5 Å². The summed E-state index contributed by atoms with van der Waals surface area (Å²) in [6.45, 7) is 0. The normalized spacial score (nSPS) is 19.1. The number of hydrogen-bond acceptors (Lipinski definition) is 2. The van der Waals surface area contributed by atoms with Crippen LogP contribution in [0, 0.1) is 0 Å². The van der Waals surface area contributed by atoms with Crippen LogP contribution in [0.3, 0.4) is 0 Å². The van der Waals surface area contributed by atoms with Crippen LogP contribution in [0.1, 0.15) is 41.1 Å². The van der Waals surface area contributed by atoms with E-state index in [4.69, 9.17) is 28.8 Å². The highest BCUT2D eigenvalue weighted by atomic mass is 32.1. The summed E-state index contributed by atoms with van der Waals surface area (Å²) >= 11 is 0.606. The van der Waals surface area contributed by atoms with Crippen molar-refractivity contribution in [1.29, 1.82) is 0 Å². The highest BCUT2D eigenvalue weighted by Crippen LogP contribution is 2.46. The highest BCUT2D eigenvalue weighted by Gasteiger charge is 2.19. The summed E-state index contributed by atoms with van der Waals surface area (Å²) < 4.78 is 269. The highest BCUT2D eigenvalue weighted by molar-refractivity contribution is 7.26. The van der Waals surface area contributed by atoms with Crippen molar-refractivity contribution >= 4 is 59.3 Å². The van der Waals surface area contributed by atoms with Crippen LogP contribution in [0.5, 0.6) is 0 Å². The predicted octanol–water partition coefficient (Wildman–Crippen LogP) is 15.3. The summed E-state index contributed by atoms with van der Waals surface area (Å²) in [6, 6.07) is -19.7. The molecule has 9 aromatic carbocycles. The number of nitrogens with zero attached hydrogens (tertiary/aromatic N) is 1. The molecule has 0 unspecified atom stereocenters. The van der Waals surface area contributed by atoms with Crippen molar-refractivity contribution in [3.05, 3.63) is 212 Å². The van der Waals surface area contributed by atoms with Crippen LogP contribution in [0.15, 0.2) is 212 Å². The van der Waals surface area contributed by atoms with Gasteiger partial charge >= 0.3 is 0 Å². The third-order valence-corrected chi connectivity index (χ3v) is 9.41. The Morgan fingerprint density at radius 1 is 0.370 bits per heavy atom. The van der Waals surface area contributed by atoms with Crippen molar-refractivity contribution in [3.8, 4) is 44.5 Å². The molecule has 0 bridgehead atoms. The number of fused-ring (bicyclic) bond motifs is 4. The summed E-state index contributed by atoms with van der Waals surface area (Å²) in [5.74, 6) is 0. The van der Waals surface area contributed by atoms with Crippen LogP contribution in [-0.4, -0.2) is 0 Å². The predicted molar refractivity (Wildman–Crippen MR) is 233 cm³/mol. The molecule has 0 spiro atoms. The maximum atomic E-state index is 10.4. The Kier molecular flexibility index (Phi) is 3.44. The first-order valence-electron chi connectivity index (χ1n) is 31.0. The molecule has 0 N–H and O–H groups in total. The molecular formula is C52H35NS. The van der Waals surface area contributed by atoms with Gasteiger partial charge in [-0.15, -0.1) is 11.3 Å². The smallest absolute Gasteiger partial charge is 0.0652 e. The van der Waals surface area contributed by atoms with Gasteiger partial charge in [0.1, 0.15) is 0 Å². The van der Waals surface area contributed by atoms with Gasteiger partial charge in [0.25, 0.3) is 0 Å². The van der Waals surface area contributed by atoms with Gasteiger partial charge in [0.05, 0.1) is 41.1 Å². The van der Waals surface area contributed by atoms with Gasteiger partial charge in [-0.05, 0) is 92.1 Å². The molecule has 10 rings (SSSR count). The summed E-state index contributed by atoms with van der Waals surface area (Å²) in [6.07, 6.45) is 0. The van der Waals surface area contributed by atoms with Gasteiger partial charge in [0.15, 0.2) is 0 Å². The maximum Gasteiger partial charge on any atom is 0.0652 e. The van der Waals surface area contributed by atoms with Gasteiger partial charge < -0.3 is 4.90 Å².